The summed E-state index contributed by atoms with van der Waals surface area (Å²) in [6, 6.07) is 2.76. The number of oxazole rings is 1. The Morgan fingerprint density at radius 2 is 2.04 bits per heavy atom. The topological polar surface area (TPSA) is 58.3 Å². The lowest BCUT2D eigenvalue weighted by atomic mass is 9.96. The van der Waals surface area contributed by atoms with Crippen LogP contribution in [0.15, 0.2) is 16.7 Å². The quantitative estimate of drug-likeness (QED) is 0.833. The van der Waals surface area contributed by atoms with Crippen LogP contribution in [0.3, 0.4) is 0 Å². The lowest BCUT2D eigenvalue weighted by Crippen LogP contribution is -2.58. The summed E-state index contributed by atoms with van der Waals surface area (Å²) < 4.78 is 5.82. The zero-order valence-electron chi connectivity index (χ0n) is 15.4. The SMILES string of the molecule is CC(C)c1cnc(CN(C)C2CN(c3cc4c(nn3)CCCC4)C2)o1. The molecule has 0 amide bonds. The first-order valence-electron chi connectivity index (χ1n) is 9.35. The predicted molar refractivity (Wildman–Crippen MR) is 96.7 cm³/mol. The van der Waals surface area contributed by atoms with Gasteiger partial charge in [0.05, 0.1) is 18.4 Å². The van der Waals surface area contributed by atoms with Gasteiger partial charge >= 0.3 is 0 Å². The van der Waals surface area contributed by atoms with Gasteiger partial charge in [-0.1, -0.05) is 13.8 Å². The molecule has 3 heterocycles. The Hall–Kier alpha value is -1.95. The van der Waals surface area contributed by atoms with Crippen LogP contribution in [0.1, 0.15) is 55.5 Å². The van der Waals surface area contributed by atoms with Gasteiger partial charge in [-0.2, -0.15) is 5.10 Å². The maximum absolute atomic E-state index is 5.82. The largest absolute Gasteiger partial charge is 0.444 e. The molecule has 1 saturated heterocycles. The first kappa shape index (κ1) is 16.5. The number of hydrogen-bond acceptors (Lipinski definition) is 6. The highest BCUT2D eigenvalue weighted by Gasteiger charge is 2.32. The molecule has 134 valence electrons. The van der Waals surface area contributed by atoms with E-state index in [9.17, 15) is 0 Å². The van der Waals surface area contributed by atoms with Crippen molar-refractivity contribution in [2.45, 2.75) is 58.0 Å². The number of hydrogen-bond donors (Lipinski definition) is 0. The van der Waals surface area contributed by atoms with Gasteiger partial charge < -0.3 is 9.32 Å². The molecule has 1 aliphatic heterocycles. The van der Waals surface area contributed by atoms with Crippen LogP contribution in [0.4, 0.5) is 5.82 Å². The number of anilines is 1. The molecule has 0 unspecified atom stereocenters. The van der Waals surface area contributed by atoms with Gasteiger partial charge in [0, 0.05) is 25.0 Å². The molecule has 0 atom stereocenters. The highest BCUT2D eigenvalue weighted by atomic mass is 16.4. The van der Waals surface area contributed by atoms with E-state index < -0.39 is 0 Å². The van der Waals surface area contributed by atoms with Crippen LogP contribution in [0.25, 0.3) is 0 Å². The van der Waals surface area contributed by atoms with Crippen molar-refractivity contribution < 1.29 is 4.42 Å². The lowest BCUT2D eigenvalue weighted by molar-refractivity contribution is 0.179. The summed E-state index contributed by atoms with van der Waals surface area (Å²) in [7, 11) is 2.14. The number of likely N-dealkylation sites (N-methyl/N-ethyl adjacent to an activating group) is 1. The van der Waals surface area contributed by atoms with Crippen LogP contribution >= 0.6 is 0 Å². The third-order valence-electron chi connectivity index (χ3n) is 5.39. The van der Waals surface area contributed by atoms with E-state index in [1.807, 2.05) is 6.20 Å². The molecule has 6 heteroatoms. The molecule has 2 aliphatic rings. The van der Waals surface area contributed by atoms with Crippen molar-refractivity contribution in [3.05, 3.63) is 35.2 Å². The molecule has 0 bridgehead atoms. The number of rotatable bonds is 5. The van der Waals surface area contributed by atoms with Crippen molar-refractivity contribution in [2.24, 2.45) is 0 Å². The minimum absolute atomic E-state index is 0.383. The van der Waals surface area contributed by atoms with Crippen molar-refractivity contribution >= 4 is 5.82 Å². The van der Waals surface area contributed by atoms with Gasteiger partial charge in [-0.15, -0.1) is 5.10 Å². The Morgan fingerprint density at radius 1 is 1.24 bits per heavy atom. The summed E-state index contributed by atoms with van der Waals surface area (Å²) in [4.78, 5) is 9.03. The van der Waals surface area contributed by atoms with Crippen LogP contribution in [0.2, 0.25) is 0 Å². The molecule has 2 aromatic heterocycles. The van der Waals surface area contributed by atoms with E-state index in [0.29, 0.717) is 12.0 Å². The van der Waals surface area contributed by atoms with E-state index in [2.05, 4.69) is 51.9 Å². The molecule has 0 radical (unpaired) electrons. The average Bonchev–Trinajstić information content (AvgIpc) is 3.02. The number of aryl methyl sites for hydroxylation is 2. The molecule has 6 nitrogen and oxygen atoms in total. The van der Waals surface area contributed by atoms with Gasteiger partial charge in [0.2, 0.25) is 5.89 Å². The van der Waals surface area contributed by atoms with Crippen molar-refractivity contribution in [3.63, 3.8) is 0 Å². The molecule has 1 fully saturated rings. The highest BCUT2D eigenvalue weighted by molar-refractivity contribution is 5.45. The van der Waals surface area contributed by atoms with Gasteiger partial charge in [-0.3, -0.25) is 4.90 Å². The summed E-state index contributed by atoms with van der Waals surface area (Å²) in [5, 5.41) is 8.89. The summed E-state index contributed by atoms with van der Waals surface area (Å²) in [6.45, 7) is 6.97. The average molecular weight is 341 g/mol. The normalized spacial score (nSPS) is 17.9. The fourth-order valence-corrected chi connectivity index (χ4v) is 3.56. The molecule has 25 heavy (non-hydrogen) atoms. The van der Waals surface area contributed by atoms with E-state index >= 15 is 0 Å². The molecule has 0 aromatic carbocycles. The van der Waals surface area contributed by atoms with E-state index in [4.69, 9.17) is 4.42 Å². The monoisotopic (exact) mass is 341 g/mol. The van der Waals surface area contributed by atoms with Crippen LogP contribution in [-0.2, 0) is 19.4 Å². The van der Waals surface area contributed by atoms with Crippen LogP contribution in [0, 0.1) is 0 Å². The molecule has 2 aromatic rings. The highest BCUT2D eigenvalue weighted by Crippen LogP contribution is 2.26. The number of nitrogens with zero attached hydrogens (tertiary/aromatic N) is 5. The molecule has 0 N–H and O–H groups in total. The van der Waals surface area contributed by atoms with Crippen molar-refractivity contribution in [1.82, 2.24) is 20.1 Å². The van der Waals surface area contributed by atoms with Crippen LogP contribution in [0.5, 0.6) is 0 Å². The Morgan fingerprint density at radius 3 is 2.80 bits per heavy atom. The minimum atomic E-state index is 0.383. The van der Waals surface area contributed by atoms with Crippen molar-refractivity contribution in [2.75, 3.05) is 25.0 Å². The maximum Gasteiger partial charge on any atom is 0.208 e. The maximum atomic E-state index is 5.82. The third kappa shape index (κ3) is 3.40. The molecular weight excluding hydrogens is 314 g/mol. The third-order valence-corrected chi connectivity index (χ3v) is 5.39. The zero-order chi connectivity index (χ0) is 17.4. The lowest BCUT2D eigenvalue weighted by Gasteiger charge is -2.44. The van der Waals surface area contributed by atoms with Gasteiger partial charge in [0.25, 0.3) is 0 Å². The first-order chi connectivity index (χ1) is 12.1. The Kier molecular flexibility index (Phi) is 4.46. The van der Waals surface area contributed by atoms with Gasteiger partial charge in [0.1, 0.15) is 5.76 Å². The van der Waals surface area contributed by atoms with Crippen molar-refractivity contribution in [3.8, 4) is 0 Å². The summed E-state index contributed by atoms with van der Waals surface area (Å²) in [6.07, 6.45) is 6.61. The second-order valence-corrected chi connectivity index (χ2v) is 7.67. The number of aromatic nitrogens is 3. The molecule has 1 aliphatic carbocycles. The fourth-order valence-electron chi connectivity index (χ4n) is 3.56. The fraction of sp³-hybridized carbons (Fsp3) is 0.632. The summed E-state index contributed by atoms with van der Waals surface area (Å²) >= 11 is 0. The zero-order valence-corrected chi connectivity index (χ0v) is 15.4. The van der Waals surface area contributed by atoms with E-state index in [-0.39, 0.29) is 0 Å². The van der Waals surface area contributed by atoms with E-state index in [0.717, 1.165) is 49.9 Å². The molecule has 4 rings (SSSR count). The predicted octanol–water partition coefficient (Wildman–Crippen LogP) is 2.79. The molecule has 0 spiro atoms. The van der Waals surface area contributed by atoms with Crippen LogP contribution in [-0.4, -0.2) is 46.3 Å². The van der Waals surface area contributed by atoms with Crippen molar-refractivity contribution in [1.29, 1.82) is 0 Å². The van der Waals surface area contributed by atoms with Gasteiger partial charge in [0.15, 0.2) is 5.82 Å². The van der Waals surface area contributed by atoms with E-state index in [1.54, 1.807) is 0 Å². The summed E-state index contributed by atoms with van der Waals surface area (Å²) in [5.41, 5.74) is 2.60. The smallest absolute Gasteiger partial charge is 0.208 e. The van der Waals surface area contributed by atoms with Gasteiger partial charge in [-0.05, 0) is 44.4 Å². The Labute approximate surface area is 149 Å². The first-order valence-corrected chi connectivity index (χ1v) is 9.35. The molecular formula is C19H27N5O. The van der Waals surface area contributed by atoms with Crippen LogP contribution < -0.4 is 4.90 Å². The van der Waals surface area contributed by atoms with E-state index in [1.165, 1.54) is 24.1 Å². The standard InChI is InChI=1S/C19H27N5O/c1-13(2)17-9-20-19(25-17)12-23(3)15-10-24(11-15)18-8-14-6-4-5-7-16(14)21-22-18/h8-9,13,15H,4-7,10-12H2,1-3H3. The molecule has 0 saturated carbocycles. The second kappa shape index (κ2) is 6.75. The van der Waals surface area contributed by atoms with Gasteiger partial charge in [-0.25, -0.2) is 4.98 Å². The minimum Gasteiger partial charge on any atom is -0.444 e. The summed E-state index contributed by atoms with van der Waals surface area (Å²) in [5.74, 6) is 3.18. The second-order valence-electron chi connectivity index (χ2n) is 7.67. The number of fused-ring (bicyclic) bond motifs is 1. The Balaban J connectivity index is 1.33. The Bertz CT molecular complexity index is 735.